The zero-order chi connectivity index (χ0) is 15.9. The van der Waals surface area contributed by atoms with Crippen LogP contribution in [-0.2, 0) is 6.42 Å². The molecule has 0 aliphatic rings. The molecule has 2 N–H and O–H groups in total. The summed E-state index contributed by atoms with van der Waals surface area (Å²) in [6, 6.07) is 7.38. The minimum Gasteiger partial charge on any atom is -0.479 e. The molecule has 22 heavy (non-hydrogen) atoms. The lowest BCUT2D eigenvalue weighted by Gasteiger charge is -2.09. The van der Waals surface area contributed by atoms with Gasteiger partial charge in [-0.3, -0.25) is 0 Å². The first kappa shape index (κ1) is 16.0. The van der Waals surface area contributed by atoms with Crippen LogP contribution in [0.2, 0.25) is 5.02 Å². The number of aromatic nitrogens is 2. The topological polar surface area (TPSA) is 70.9 Å². The van der Waals surface area contributed by atoms with E-state index in [1.165, 1.54) is 6.21 Å². The van der Waals surface area contributed by atoms with E-state index < -0.39 is 0 Å². The first-order valence-corrected chi connectivity index (χ1v) is 7.08. The van der Waals surface area contributed by atoms with Gasteiger partial charge in [-0.05, 0) is 17.7 Å². The Morgan fingerprint density at radius 2 is 2.27 bits per heavy atom. The molecule has 0 bridgehead atoms. The van der Waals surface area contributed by atoms with Gasteiger partial charge in [0.05, 0.1) is 19.0 Å². The van der Waals surface area contributed by atoms with Crippen molar-refractivity contribution < 1.29 is 4.74 Å². The Morgan fingerprint density at radius 1 is 1.45 bits per heavy atom. The fourth-order valence-electron chi connectivity index (χ4n) is 2.01. The lowest BCUT2D eigenvalue weighted by atomic mass is 10.1. The highest BCUT2D eigenvalue weighted by atomic mass is 35.5. The molecule has 0 amide bonds. The zero-order valence-electron chi connectivity index (χ0n) is 12.4. The highest BCUT2D eigenvalue weighted by Gasteiger charge is 2.11. The largest absolute Gasteiger partial charge is 0.479 e. The summed E-state index contributed by atoms with van der Waals surface area (Å²) in [6.45, 7) is 0. The second kappa shape index (κ2) is 7.56. The standard InChI is InChI=1S/C16H17ClN4O/c1-19-9-11(8-18)6-14-10-20-16(22-2)15(21-14)12-4-3-5-13(17)7-12/h3-5,7-10,18-19H,6H2,1-2H3/b11-9-,18-8?. The molecule has 114 valence electrons. The van der Waals surface area contributed by atoms with Gasteiger partial charge in [-0.25, -0.2) is 9.97 Å². The summed E-state index contributed by atoms with van der Waals surface area (Å²) in [5.41, 5.74) is 3.03. The molecule has 0 spiro atoms. The summed E-state index contributed by atoms with van der Waals surface area (Å²) in [5.74, 6) is 0.444. The van der Waals surface area contributed by atoms with Crippen molar-refractivity contribution in [1.82, 2.24) is 15.3 Å². The molecule has 0 saturated heterocycles. The van der Waals surface area contributed by atoms with Gasteiger partial charge in [-0.2, -0.15) is 0 Å². The molecule has 0 aliphatic carbocycles. The minimum absolute atomic E-state index is 0.444. The van der Waals surface area contributed by atoms with Gasteiger partial charge in [0.1, 0.15) is 5.69 Å². The van der Waals surface area contributed by atoms with Crippen molar-refractivity contribution >= 4 is 17.8 Å². The minimum atomic E-state index is 0.444. The van der Waals surface area contributed by atoms with Gasteiger partial charge in [0.15, 0.2) is 0 Å². The second-order valence-electron chi connectivity index (χ2n) is 4.56. The van der Waals surface area contributed by atoms with Gasteiger partial charge >= 0.3 is 0 Å². The van der Waals surface area contributed by atoms with E-state index in [9.17, 15) is 0 Å². The molecular weight excluding hydrogens is 300 g/mol. The molecule has 5 nitrogen and oxygen atoms in total. The number of hydrogen-bond donors (Lipinski definition) is 2. The van der Waals surface area contributed by atoms with Gasteiger partial charge in [0.25, 0.3) is 0 Å². The lowest BCUT2D eigenvalue weighted by Crippen LogP contribution is -2.04. The fraction of sp³-hybridized carbons (Fsp3) is 0.188. The molecule has 0 saturated carbocycles. The quantitative estimate of drug-likeness (QED) is 0.803. The highest BCUT2D eigenvalue weighted by Crippen LogP contribution is 2.28. The van der Waals surface area contributed by atoms with E-state index in [1.807, 2.05) is 18.2 Å². The van der Waals surface area contributed by atoms with Crippen molar-refractivity contribution in [3.05, 3.63) is 53.0 Å². The van der Waals surface area contributed by atoms with Gasteiger partial charge in [-0.1, -0.05) is 23.7 Å². The molecule has 1 aromatic carbocycles. The first-order valence-electron chi connectivity index (χ1n) is 6.70. The van der Waals surface area contributed by atoms with Crippen LogP contribution in [-0.4, -0.2) is 30.3 Å². The molecule has 0 unspecified atom stereocenters. The van der Waals surface area contributed by atoms with Crippen molar-refractivity contribution in [2.75, 3.05) is 14.2 Å². The number of methoxy groups -OCH3 is 1. The predicted octanol–water partition coefficient (Wildman–Crippen LogP) is 3.10. The van der Waals surface area contributed by atoms with Crippen LogP contribution in [0.3, 0.4) is 0 Å². The molecule has 2 rings (SSSR count). The molecule has 0 atom stereocenters. The van der Waals surface area contributed by atoms with Crippen LogP contribution < -0.4 is 10.1 Å². The average Bonchev–Trinajstić information content (AvgIpc) is 2.54. The Morgan fingerprint density at radius 3 is 2.91 bits per heavy atom. The van der Waals surface area contributed by atoms with Gasteiger partial charge in [0.2, 0.25) is 5.88 Å². The number of benzene rings is 1. The van der Waals surface area contributed by atoms with Crippen molar-refractivity contribution in [2.45, 2.75) is 6.42 Å². The number of allylic oxidation sites excluding steroid dienone is 1. The Labute approximate surface area is 134 Å². The van der Waals surface area contributed by atoms with Crippen LogP contribution in [0, 0.1) is 5.41 Å². The molecule has 1 aromatic heterocycles. The Balaban J connectivity index is 2.42. The highest BCUT2D eigenvalue weighted by molar-refractivity contribution is 6.30. The third-order valence-corrected chi connectivity index (χ3v) is 3.22. The van der Waals surface area contributed by atoms with E-state index in [0.29, 0.717) is 23.0 Å². The van der Waals surface area contributed by atoms with E-state index in [-0.39, 0.29) is 0 Å². The first-order chi connectivity index (χ1) is 10.7. The molecule has 6 heteroatoms. The molecule has 2 aromatic rings. The summed E-state index contributed by atoms with van der Waals surface area (Å²) in [6.07, 6.45) is 5.22. The summed E-state index contributed by atoms with van der Waals surface area (Å²) in [5, 5.41) is 11.0. The third-order valence-electron chi connectivity index (χ3n) is 2.98. The van der Waals surface area contributed by atoms with E-state index in [2.05, 4.69) is 15.3 Å². The summed E-state index contributed by atoms with van der Waals surface area (Å²) in [7, 11) is 3.35. The smallest absolute Gasteiger partial charge is 0.240 e. The number of hydrogen-bond acceptors (Lipinski definition) is 5. The Bertz CT molecular complexity index is 700. The molecule has 0 aliphatic heterocycles. The number of nitrogens with zero attached hydrogens (tertiary/aromatic N) is 2. The maximum atomic E-state index is 7.41. The van der Waals surface area contributed by atoms with E-state index in [1.54, 1.807) is 32.6 Å². The Kier molecular flexibility index (Phi) is 5.49. The molecule has 0 fully saturated rings. The van der Waals surface area contributed by atoms with Crippen molar-refractivity contribution in [1.29, 1.82) is 5.41 Å². The lowest BCUT2D eigenvalue weighted by molar-refractivity contribution is 0.397. The van der Waals surface area contributed by atoms with Gasteiger partial charge in [0, 0.05) is 36.5 Å². The molecule has 0 radical (unpaired) electrons. The maximum absolute atomic E-state index is 7.41. The van der Waals surface area contributed by atoms with Crippen LogP contribution in [0.25, 0.3) is 11.3 Å². The summed E-state index contributed by atoms with van der Waals surface area (Å²) in [4.78, 5) is 8.91. The van der Waals surface area contributed by atoms with Crippen molar-refractivity contribution in [3.63, 3.8) is 0 Å². The Hall–Kier alpha value is -2.40. The maximum Gasteiger partial charge on any atom is 0.240 e. The molecule has 1 heterocycles. The van der Waals surface area contributed by atoms with Gasteiger partial charge < -0.3 is 15.5 Å². The van der Waals surface area contributed by atoms with Crippen LogP contribution in [0.15, 0.2) is 42.2 Å². The van der Waals surface area contributed by atoms with Crippen LogP contribution in [0.1, 0.15) is 5.69 Å². The van der Waals surface area contributed by atoms with Crippen LogP contribution in [0.4, 0.5) is 0 Å². The molecular formula is C16H17ClN4O. The van der Waals surface area contributed by atoms with Crippen LogP contribution >= 0.6 is 11.6 Å². The number of halogens is 1. The van der Waals surface area contributed by atoms with Gasteiger partial charge in [-0.15, -0.1) is 0 Å². The third kappa shape index (κ3) is 3.83. The van der Waals surface area contributed by atoms with Crippen molar-refractivity contribution in [2.24, 2.45) is 0 Å². The summed E-state index contributed by atoms with van der Waals surface area (Å²) >= 11 is 6.04. The number of rotatable bonds is 6. The van der Waals surface area contributed by atoms with E-state index >= 15 is 0 Å². The number of ether oxygens (including phenoxy) is 1. The predicted molar refractivity (Wildman–Crippen MR) is 88.7 cm³/mol. The zero-order valence-corrected chi connectivity index (χ0v) is 13.2. The van der Waals surface area contributed by atoms with Crippen molar-refractivity contribution in [3.8, 4) is 17.1 Å². The van der Waals surface area contributed by atoms with Crippen LogP contribution in [0.5, 0.6) is 5.88 Å². The SMILES string of the molecule is CN/C=C(\C=N)Cc1cnc(OC)c(-c2cccc(Cl)c2)n1. The monoisotopic (exact) mass is 316 g/mol. The van der Waals surface area contributed by atoms with E-state index in [0.717, 1.165) is 16.8 Å². The van der Waals surface area contributed by atoms with E-state index in [4.69, 9.17) is 21.7 Å². The fourth-order valence-corrected chi connectivity index (χ4v) is 2.20. The number of nitrogens with one attached hydrogen (secondary N) is 2. The average molecular weight is 317 g/mol. The normalized spacial score (nSPS) is 11.1. The second-order valence-corrected chi connectivity index (χ2v) is 5.00. The summed E-state index contributed by atoms with van der Waals surface area (Å²) < 4.78 is 5.28.